The van der Waals surface area contributed by atoms with Crippen molar-refractivity contribution in [3.05, 3.63) is 98.3 Å². The summed E-state index contributed by atoms with van der Waals surface area (Å²) in [5, 5.41) is 1.23. The predicted molar refractivity (Wildman–Crippen MR) is 108 cm³/mol. The largest absolute Gasteiger partial charge is 0.288 e. The van der Waals surface area contributed by atoms with Crippen LogP contribution in [-0.4, -0.2) is 10.5 Å². The molecule has 6 heteroatoms. The summed E-state index contributed by atoms with van der Waals surface area (Å²) in [7, 11) is 0. The van der Waals surface area contributed by atoms with Crippen molar-refractivity contribution in [2.24, 2.45) is 0 Å². The molecule has 1 aliphatic rings. The molecule has 2 aromatic carbocycles. The zero-order valence-electron chi connectivity index (χ0n) is 14.5. The number of amides is 1. The first-order chi connectivity index (χ1) is 13.0. The van der Waals surface area contributed by atoms with E-state index in [1.807, 2.05) is 24.3 Å². The second-order valence-electron chi connectivity index (χ2n) is 6.47. The molecule has 0 radical (unpaired) electrons. The number of anilines is 1. The summed E-state index contributed by atoms with van der Waals surface area (Å²) in [6.07, 6.45) is 0. The van der Waals surface area contributed by atoms with Crippen LogP contribution >= 0.6 is 23.2 Å². The van der Waals surface area contributed by atoms with E-state index in [0.717, 1.165) is 11.1 Å². The van der Waals surface area contributed by atoms with Gasteiger partial charge in [-0.2, -0.15) is 0 Å². The molecule has 0 saturated heterocycles. The lowest BCUT2D eigenvalue weighted by atomic mass is 9.93. The molecule has 0 aliphatic carbocycles. The van der Waals surface area contributed by atoms with Crippen LogP contribution in [0, 0.1) is 0 Å². The van der Waals surface area contributed by atoms with Crippen LogP contribution in [-0.2, 0) is 4.79 Å². The summed E-state index contributed by atoms with van der Waals surface area (Å²) in [6, 6.07) is 19.0. The first-order valence-electron chi connectivity index (χ1n) is 8.49. The Morgan fingerprint density at radius 2 is 1.33 bits per heavy atom. The molecule has 0 bridgehead atoms. The van der Waals surface area contributed by atoms with Crippen molar-refractivity contribution in [3.63, 3.8) is 0 Å². The lowest BCUT2D eigenvalue weighted by molar-refractivity contribution is -0.117. The first-order valence-corrected chi connectivity index (χ1v) is 9.25. The highest BCUT2D eigenvalue weighted by Gasteiger charge is 2.42. The molecule has 1 amide bonds. The Hall–Kier alpha value is -2.56. The second-order valence-corrected chi connectivity index (χ2v) is 7.35. The maximum absolute atomic E-state index is 12.7. The number of nitrogens with zero attached hydrogens (tertiary/aromatic N) is 2. The number of fused-ring (bicyclic) bond motifs is 1. The third kappa shape index (κ3) is 3.05. The summed E-state index contributed by atoms with van der Waals surface area (Å²) in [5.41, 5.74) is 1.64. The number of carbonyl (C=O) groups excluding carboxylic acids is 1. The molecule has 1 aromatic heterocycles. The van der Waals surface area contributed by atoms with Crippen LogP contribution in [0.2, 0.25) is 10.0 Å². The minimum Gasteiger partial charge on any atom is -0.288 e. The van der Waals surface area contributed by atoms with Crippen LogP contribution in [0.15, 0.2) is 71.5 Å². The Kier molecular flexibility index (Phi) is 4.54. The number of pyridine rings is 1. The summed E-state index contributed by atoms with van der Waals surface area (Å²) >= 11 is 12.1. The van der Waals surface area contributed by atoms with Gasteiger partial charge in [0.15, 0.2) is 0 Å². The van der Waals surface area contributed by atoms with Gasteiger partial charge in [-0.15, -0.1) is 0 Å². The van der Waals surface area contributed by atoms with Crippen molar-refractivity contribution < 1.29 is 4.79 Å². The molecule has 0 spiro atoms. The van der Waals surface area contributed by atoms with Crippen LogP contribution in [0.4, 0.5) is 5.82 Å². The summed E-state index contributed by atoms with van der Waals surface area (Å²) in [4.78, 5) is 27.0. The third-order valence-electron chi connectivity index (χ3n) is 4.83. The molecule has 4 rings (SSSR count). The van der Waals surface area contributed by atoms with Gasteiger partial charge in [0.05, 0.1) is 12.1 Å². The van der Waals surface area contributed by atoms with E-state index in [1.54, 1.807) is 45.9 Å². The number of hydrogen-bond acceptors (Lipinski definition) is 2. The Morgan fingerprint density at radius 3 is 1.85 bits per heavy atom. The average Bonchev–Trinajstić information content (AvgIpc) is 3.00. The van der Waals surface area contributed by atoms with Crippen LogP contribution in [0.5, 0.6) is 0 Å². The fraction of sp³-hybridized carbons (Fsp3) is 0.143. The van der Waals surface area contributed by atoms with Crippen molar-refractivity contribution in [2.75, 3.05) is 4.90 Å². The minimum atomic E-state index is -0.365. The van der Waals surface area contributed by atoms with Gasteiger partial charge in [0.1, 0.15) is 5.82 Å². The highest BCUT2D eigenvalue weighted by atomic mass is 35.5. The zero-order chi connectivity index (χ0) is 19.1. The molecule has 136 valence electrons. The van der Waals surface area contributed by atoms with Gasteiger partial charge in [-0.3, -0.25) is 19.1 Å². The second kappa shape index (κ2) is 6.87. The van der Waals surface area contributed by atoms with E-state index in [9.17, 15) is 9.59 Å². The van der Waals surface area contributed by atoms with E-state index < -0.39 is 0 Å². The molecule has 0 saturated carbocycles. The maximum Gasteiger partial charge on any atom is 0.252 e. The SMILES string of the molecule is CC(=O)N1c2cccc(=O)n2[C@@H](c2ccc(Cl)cc2)[C@H]1c1ccc(Cl)cc1. The quantitative estimate of drug-likeness (QED) is 0.618. The number of carbonyl (C=O) groups is 1. The van der Waals surface area contributed by atoms with E-state index in [1.165, 1.54) is 13.0 Å². The Bertz CT molecular complexity index is 1060. The molecular formula is C21H16Cl2N2O2. The molecule has 0 unspecified atom stereocenters. The molecular weight excluding hydrogens is 383 g/mol. The molecule has 0 N–H and O–H groups in total. The lowest BCUT2D eigenvalue weighted by Gasteiger charge is -2.27. The smallest absolute Gasteiger partial charge is 0.252 e. The monoisotopic (exact) mass is 398 g/mol. The minimum absolute atomic E-state index is 0.134. The van der Waals surface area contributed by atoms with Gasteiger partial charge < -0.3 is 0 Å². The normalized spacial score (nSPS) is 18.4. The van der Waals surface area contributed by atoms with Gasteiger partial charge in [0.2, 0.25) is 5.91 Å². The van der Waals surface area contributed by atoms with Crippen LogP contribution in [0.3, 0.4) is 0 Å². The number of hydrogen-bond donors (Lipinski definition) is 0. The van der Waals surface area contributed by atoms with Crippen molar-refractivity contribution >= 4 is 34.9 Å². The topological polar surface area (TPSA) is 42.3 Å². The van der Waals surface area contributed by atoms with Gasteiger partial charge in [-0.05, 0) is 41.5 Å². The molecule has 3 aromatic rings. The van der Waals surface area contributed by atoms with E-state index in [0.29, 0.717) is 15.9 Å². The number of benzene rings is 2. The maximum atomic E-state index is 12.7. The summed E-state index contributed by atoms with van der Waals surface area (Å²) in [5.74, 6) is 0.445. The molecule has 1 aliphatic heterocycles. The van der Waals surface area contributed by atoms with Crippen LogP contribution in [0.25, 0.3) is 0 Å². The molecule has 0 fully saturated rings. The van der Waals surface area contributed by atoms with E-state index in [4.69, 9.17) is 23.2 Å². The fourth-order valence-electron chi connectivity index (χ4n) is 3.73. The Labute approximate surface area is 166 Å². The highest BCUT2D eigenvalue weighted by molar-refractivity contribution is 6.30. The Balaban J connectivity index is 1.99. The highest BCUT2D eigenvalue weighted by Crippen LogP contribution is 2.46. The van der Waals surface area contributed by atoms with Gasteiger partial charge >= 0.3 is 0 Å². The van der Waals surface area contributed by atoms with E-state index in [-0.39, 0.29) is 23.6 Å². The van der Waals surface area contributed by atoms with Gasteiger partial charge in [0, 0.05) is 23.0 Å². The van der Waals surface area contributed by atoms with Crippen molar-refractivity contribution in [1.29, 1.82) is 0 Å². The summed E-state index contributed by atoms with van der Waals surface area (Å²) < 4.78 is 1.67. The summed E-state index contributed by atoms with van der Waals surface area (Å²) in [6.45, 7) is 1.51. The van der Waals surface area contributed by atoms with Gasteiger partial charge in [-0.25, -0.2) is 0 Å². The van der Waals surface area contributed by atoms with Crippen LogP contribution < -0.4 is 10.5 Å². The van der Waals surface area contributed by atoms with Crippen molar-refractivity contribution in [1.82, 2.24) is 4.57 Å². The predicted octanol–water partition coefficient (Wildman–Crippen LogP) is 4.85. The van der Waals surface area contributed by atoms with Crippen molar-refractivity contribution in [2.45, 2.75) is 19.0 Å². The number of halogens is 2. The van der Waals surface area contributed by atoms with Gasteiger partial charge in [0.25, 0.3) is 5.56 Å². The van der Waals surface area contributed by atoms with Gasteiger partial charge in [-0.1, -0.05) is 53.5 Å². The lowest BCUT2D eigenvalue weighted by Crippen LogP contribution is -2.31. The molecule has 2 heterocycles. The van der Waals surface area contributed by atoms with E-state index in [2.05, 4.69) is 0 Å². The van der Waals surface area contributed by atoms with E-state index >= 15 is 0 Å². The average molecular weight is 399 g/mol. The van der Waals surface area contributed by atoms with Crippen molar-refractivity contribution in [3.8, 4) is 0 Å². The van der Waals surface area contributed by atoms with Crippen LogP contribution in [0.1, 0.15) is 30.1 Å². The standard InChI is InChI=1S/C21H16Cl2N2O2/c1-13(26)24-18-3-2-4-19(27)25(18)21(15-7-11-17(23)12-8-15)20(24)14-5-9-16(22)10-6-14/h2-12,20-21H,1H3/t20-,21+/m1/s1. The fourth-order valence-corrected chi connectivity index (χ4v) is 3.98. The molecule has 27 heavy (non-hydrogen) atoms. The zero-order valence-corrected chi connectivity index (χ0v) is 16.0. The number of aromatic nitrogens is 1. The molecule has 4 nitrogen and oxygen atoms in total. The first kappa shape index (κ1) is 17.8. The Morgan fingerprint density at radius 1 is 0.815 bits per heavy atom. The molecule has 2 atom stereocenters. The third-order valence-corrected chi connectivity index (χ3v) is 5.34. The number of rotatable bonds is 2.